The molecule has 0 bridgehead atoms. The quantitative estimate of drug-likeness (QED) is 0.484. The Labute approximate surface area is 112 Å². The minimum atomic E-state index is -0.624. The maximum Gasteiger partial charge on any atom is 0.309 e. The van der Waals surface area contributed by atoms with Crippen molar-refractivity contribution in [1.29, 1.82) is 0 Å². The van der Waals surface area contributed by atoms with Crippen LogP contribution in [-0.4, -0.2) is 24.2 Å². The van der Waals surface area contributed by atoms with Gasteiger partial charge in [-0.15, -0.1) is 11.6 Å². The highest BCUT2D eigenvalue weighted by Gasteiger charge is 2.15. The third-order valence-electron chi connectivity index (χ3n) is 2.45. The lowest BCUT2D eigenvalue weighted by Crippen LogP contribution is -2.41. The summed E-state index contributed by atoms with van der Waals surface area (Å²) in [4.78, 5) is 23.0. The van der Waals surface area contributed by atoms with Crippen LogP contribution in [0.3, 0.4) is 0 Å². The Balaban J connectivity index is 2.42. The Kier molecular flexibility index (Phi) is 6.22. The number of benzene rings is 1. The van der Waals surface area contributed by atoms with Crippen LogP contribution in [0, 0.1) is 0 Å². The van der Waals surface area contributed by atoms with E-state index in [1.54, 1.807) is 0 Å². The molecule has 1 aromatic carbocycles. The number of nitrogens with one attached hydrogen (secondary N) is 2. The molecular formula is C13H17ClN2O2. The van der Waals surface area contributed by atoms with Gasteiger partial charge in [-0.2, -0.15) is 0 Å². The zero-order valence-electron chi connectivity index (χ0n) is 10.3. The summed E-state index contributed by atoms with van der Waals surface area (Å²) in [5, 5.41) is 5.14. The molecule has 0 fully saturated rings. The topological polar surface area (TPSA) is 58.2 Å². The molecule has 98 valence electrons. The van der Waals surface area contributed by atoms with E-state index in [0.717, 1.165) is 5.56 Å². The SMILES string of the molecule is CC(NC(=O)C(=O)NCCCCl)c1ccccc1. The van der Waals surface area contributed by atoms with Gasteiger partial charge < -0.3 is 10.6 Å². The molecule has 0 aromatic heterocycles. The Morgan fingerprint density at radius 2 is 1.89 bits per heavy atom. The van der Waals surface area contributed by atoms with Gasteiger partial charge in [0.25, 0.3) is 0 Å². The van der Waals surface area contributed by atoms with Crippen LogP contribution in [0.2, 0.25) is 0 Å². The molecule has 0 aliphatic carbocycles. The van der Waals surface area contributed by atoms with E-state index in [9.17, 15) is 9.59 Å². The molecule has 0 aliphatic heterocycles. The van der Waals surface area contributed by atoms with Crippen molar-refractivity contribution in [2.45, 2.75) is 19.4 Å². The van der Waals surface area contributed by atoms with Gasteiger partial charge in [0.15, 0.2) is 0 Å². The van der Waals surface area contributed by atoms with Crippen molar-refractivity contribution in [2.24, 2.45) is 0 Å². The summed E-state index contributed by atoms with van der Waals surface area (Å²) in [6.45, 7) is 2.24. The number of halogens is 1. The molecule has 0 radical (unpaired) electrons. The summed E-state index contributed by atoms with van der Waals surface area (Å²) >= 11 is 5.48. The van der Waals surface area contributed by atoms with Gasteiger partial charge in [0.1, 0.15) is 0 Å². The van der Waals surface area contributed by atoms with Gasteiger partial charge in [-0.05, 0) is 18.9 Å². The lowest BCUT2D eigenvalue weighted by molar-refractivity contribution is -0.139. The van der Waals surface area contributed by atoms with Crippen molar-refractivity contribution in [3.05, 3.63) is 35.9 Å². The minimum absolute atomic E-state index is 0.197. The van der Waals surface area contributed by atoms with Crippen molar-refractivity contribution >= 4 is 23.4 Å². The van der Waals surface area contributed by atoms with Crippen LogP contribution in [-0.2, 0) is 9.59 Å². The van der Waals surface area contributed by atoms with Crippen LogP contribution < -0.4 is 10.6 Å². The molecule has 0 heterocycles. The highest BCUT2D eigenvalue weighted by atomic mass is 35.5. The fourth-order valence-corrected chi connectivity index (χ4v) is 1.57. The van der Waals surface area contributed by atoms with E-state index in [-0.39, 0.29) is 6.04 Å². The van der Waals surface area contributed by atoms with E-state index in [4.69, 9.17) is 11.6 Å². The molecule has 5 heteroatoms. The number of hydrogen-bond donors (Lipinski definition) is 2. The molecule has 2 N–H and O–H groups in total. The van der Waals surface area contributed by atoms with Crippen molar-refractivity contribution in [3.63, 3.8) is 0 Å². The van der Waals surface area contributed by atoms with Gasteiger partial charge >= 0.3 is 11.8 Å². The first kappa shape index (κ1) is 14.5. The van der Waals surface area contributed by atoms with Gasteiger partial charge in [0, 0.05) is 12.4 Å². The van der Waals surface area contributed by atoms with E-state index in [0.29, 0.717) is 18.8 Å². The second-order valence-electron chi connectivity index (χ2n) is 3.90. The first-order valence-corrected chi connectivity index (χ1v) is 6.38. The Morgan fingerprint density at radius 1 is 1.22 bits per heavy atom. The molecule has 1 aromatic rings. The minimum Gasteiger partial charge on any atom is -0.348 e. The molecule has 0 saturated heterocycles. The summed E-state index contributed by atoms with van der Waals surface area (Å²) in [7, 11) is 0. The smallest absolute Gasteiger partial charge is 0.309 e. The molecule has 2 amide bonds. The summed E-state index contributed by atoms with van der Waals surface area (Å²) < 4.78 is 0. The second-order valence-corrected chi connectivity index (χ2v) is 4.28. The molecule has 18 heavy (non-hydrogen) atoms. The lowest BCUT2D eigenvalue weighted by Gasteiger charge is -2.13. The average molecular weight is 269 g/mol. The predicted molar refractivity (Wildman–Crippen MR) is 71.3 cm³/mol. The number of carbonyl (C=O) groups excluding carboxylic acids is 2. The van der Waals surface area contributed by atoms with Gasteiger partial charge in [0.05, 0.1) is 6.04 Å². The molecule has 1 unspecified atom stereocenters. The van der Waals surface area contributed by atoms with Crippen LogP contribution in [0.25, 0.3) is 0 Å². The maximum absolute atomic E-state index is 11.6. The highest BCUT2D eigenvalue weighted by Crippen LogP contribution is 2.10. The standard InChI is InChI=1S/C13H17ClN2O2/c1-10(11-6-3-2-4-7-11)16-13(18)12(17)15-9-5-8-14/h2-4,6-7,10H,5,8-9H2,1H3,(H,15,17)(H,16,18). The van der Waals surface area contributed by atoms with E-state index < -0.39 is 11.8 Å². The summed E-state index contributed by atoms with van der Waals surface area (Å²) in [5.74, 6) is -0.786. The number of rotatable bonds is 5. The van der Waals surface area contributed by atoms with E-state index >= 15 is 0 Å². The first-order chi connectivity index (χ1) is 8.65. The monoisotopic (exact) mass is 268 g/mol. The first-order valence-electron chi connectivity index (χ1n) is 5.84. The van der Waals surface area contributed by atoms with Crippen molar-refractivity contribution < 1.29 is 9.59 Å². The van der Waals surface area contributed by atoms with Gasteiger partial charge in [0.2, 0.25) is 0 Å². The third-order valence-corrected chi connectivity index (χ3v) is 2.72. The molecule has 0 saturated carbocycles. The summed E-state index contributed by atoms with van der Waals surface area (Å²) in [5.41, 5.74) is 0.958. The van der Waals surface area contributed by atoms with Gasteiger partial charge in [-0.1, -0.05) is 30.3 Å². The van der Waals surface area contributed by atoms with Gasteiger partial charge in [-0.3, -0.25) is 9.59 Å². The van der Waals surface area contributed by atoms with Crippen molar-refractivity contribution in [2.75, 3.05) is 12.4 Å². The second kappa shape index (κ2) is 7.71. The number of hydrogen-bond acceptors (Lipinski definition) is 2. The van der Waals surface area contributed by atoms with Crippen molar-refractivity contribution in [3.8, 4) is 0 Å². The fraction of sp³-hybridized carbons (Fsp3) is 0.385. The lowest BCUT2D eigenvalue weighted by atomic mass is 10.1. The van der Waals surface area contributed by atoms with E-state index in [1.165, 1.54) is 0 Å². The highest BCUT2D eigenvalue weighted by molar-refractivity contribution is 6.35. The normalized spacial score (nSPS) is 11.7. The molecule has 0 spiro atoms. The maximum atomic E-state index is 11.6. The van der Waals surface area contributed by atoms with E-state index in [2.05, 4.69) is 10.6 Å². The zero-order valence-corrected chi connectivity index (χ0v) is 11.0. The molecule has 4 nitrogen and oxygen atoms in total. The molecule has 1 rings (SSSR count). The average Bonchev–Trinajstić information content (AvgIpc) is 2.39. The summed E-state index contributed by atoms with van der Waals surface area (Å²) in [6, 6.07) is 9.28. The Hall–Kier alpha value is -1.55. The largest absolute Gasteiger partial charge is 0.348 e. The molecule has 1 atom stereocenters. The fourth-order valence-electron chi connectivity index (χ4n) is 1.44. The Bertz CT molecular complexity index is 395. The van der Waals surface area contributed by atoms with Crippen LogP contribution >= 0.6 is 11.6 Å². The molecule has 0 aliphatic rings. The molecular weight excluding hydrogens is 252 g/mol. The zero-order chi connectivity index (χ0) is 13.4. The van der Waals surface area contributed by atoms with E-state index in [1.807, 2.05) is 37.3 Å². The van der Waals surface area contributed by atoms with Gasteiger partial charge in [-0.25, -0.2) is 0 Å². The third kappa shape index (κ3) is 4.75. The predicted octanol–water partition coefficient (Wildman–Crippen LogP) is 1.61. The van der Waals surface area contributed by atoms with Crippen LogP contribution in [0.4, 0.5) is 0 Å². The van der Waals surface area contributed by atoms with Crippen LogP contribution in [0.5, 0.6) is 0 Å². The summed E-state index contributed by atoms with van der Waals surface area (Å²) in [6.07, 6.45) is 0.648. The number of carbonyl (C=O) groups is 2. The Morgan fingerprint density at radius 3 is 2.50 bits per heavy atom. The van der Waals surface area contributed by atoms with Crippen LogP contribution in [0.15, 0.2) is 30.3 Å². The number of amides is 2. The van der Waals surface area contributed by atoms with Crippen molar-refractivity contribution in [1.82, 2.24) is 10.6 Å². The van der Waals surface area contributed by atoms with Crippen LogP contribution in [0.1, 0.15) is 24.9 Å². The number of alkyl halides is 1.